The lowest BCUT2D eigenvalue weighted by Crippen LogP contribution is -2.33. The number of hydrazine groups is 1. The normalized spacial score (nSPS) is 14.6. The largest absolute Gasteiger partial charge is 0.506 e. The highest BCUT2D eigenvalue weighted by Crippen LogP contribution is 2.21. The molecular formula is C18H16N2O2. The van der Waals surface area contributed by atoms with Crippen LogP contribution in [-0.4, -0.2) is 11.0 Å². The highest BCUT2D eigenvalue weighted by atomic mass is 16.3. The third-order valence-corrected chi connectivity index (χ3v) is 3.83. The molecule has 0 aromatic heterocycles. The van der Waals surface area contributed by atoms with Crippen LogP contribution in [0.4, 0.5) is 0 Å². The van der Waals surface area contributed by atoms with Gasteiger partial charge in [-0.1, -0.05) is 36.4 Å². The van der Waals surface area contributed by atoms with Crippen LogP contribution in [0.2, 0.25) is 0 Å². The van der Waals surface area contributed by atoms with Crippen LogP contribution in [-0.2, 0) is 0 Å². The molecular weight excluding hydrogens is 276 g/mol. The number of benzene rings is 2. The Labute approximate surface area is 127 Å². The van der Waals surface area contributed by atoms with Crippen LogP contribution in [0.3, 0.4) is 0 Å². The molecule has 0 heterocycles. The van der Waals surface area contributed by atoms with Gasteiger partial charge in [0.15, 0.2) is 0 Å². The van der Waals surface area contributed by atoms with E-state index in [-0.39, 0.29) is 11.3 Å². The highest BCUT2D eigenvalue weighted by Gasteiger charge is 2.16. The van der Waals surface area contributed by atoms with E-state index in [2.05, 4.69) is 6.08 Å². The molecule has 0 fully saturated rings. The third-order valence-electron chi connectivity index (χ3n) is 3.83. The van der Waals surface area contributed by atoms with Crippen molar-refractivity contribution in [2.24, 2.45) is 5.84 Å². The minimum Gasteiger partial charge on any atom is -0.506 e. The van der Waals surface area contributed by atoms with Crippen LogP contribution in [0.5, 0.6) is 5.75 Å². The van der Waals surface area contributed by atoms with E-state index in [1.165, 1.54) is 0 Å². The molecule has 0 bridgehead atoms. The molecule has 1 aliphatic carbocycles. The first-order chi connectivity index (χ1) is 10.6. The van der Waals surface area contributed by atoms with Crippen LogP contribution in [0.25, 0.3) is 17.7 Å². The summed E-state index contributed by atoms with van der Waals surface area (Å²) in [6.45, 7) is 1.93. The average molecular weight is 292 g/mol. The molecule has 2 aromatic rings. The number of hydrogen-bond donors (Lipinski definition) is 3. The van der Waals surface area contributed by atoms with Crippen molar-refractivity contribution in [3.8, 4) is 5.75 Å². The summed E-state index contributed by atoms with van der Waals surface area (Å²) in [6.07, 6.45) is 4.05. The van der Waals surface area contributed by atoms with Crippen molar-refractivity contribution in [3.63, 3.8) is 0 Å². The predicted molar refractivity (Wildman–Crippen MR) is 87.0 cm³/mol. The number of nitrogen functional groups attached to an aromatic ring is 1. The number of rotatable bonds is 2. The molecule has 0 aliphatic heterocycles. The van der Waals surface area contributed by atoms with E-state index < -0.39 is 5.91 Å². The van der Waals surface area contributed by atoms with Gasteiger partial charge in [-0.15, -0.1) is 0 Å². The number of aromatic hydroxyl groups is 1. The molecule has 2 aromatic carbocycles. The van der Waals surface area contributed by atoms with Crippen molar-refractivity contribution in [2.75, 3.05) is 0 Å². The minimum atomic E-state index is -0.506. The molecule has 1 aliphatic rings. The van der Waals surface area contributed by atoms with Crippen LogP contribution in [0, 0.1) is 0 Å². The lowest BCUT2D eigenvalue weighted by Gasteiger charge is -2.04. The maximum atomic E-state index is 11.7. The van der Waals surface area contributed by atoms with Gasteiger partial charge in [-0.2, -0.15) is 0 Å². The van der Waals surface area contributed by atoms with E-state index in [4.69, 9.17) is 5.84 Å². The van der Waals surface area contributed by atoms with Crippen LogP contribution in [0.15, 0.2) is 48.0 Å². The Morgan fingerprint density at radius 3 is 2.59 bits per heavy atom. The zero-order valence-corrected chi connectivity index (χ0v) is 12.1. The summed E-state index contributed by atoms with van der Waals surface area (Å²) in [5.41, 5.74) is 5.25. The molecule has 0 spiro atoms. The second kappa shape index (κ2) is 5.50. The number of phenols is 1. The summed E-state index contributed by atoms with van der Waals surface area (Å²) in [6, 6.07) is 13.3. The number of nitrogens with one attached hydrogen (secondary N) is 1. The number of nitrogens with two attached hydrogens (primary N) is 1. The Balaban J connectivity index is 2.19. The molecule has 4 N–H and O–H groups in total. The maximum absolute atomic E-state index is 11.7. The topological polar surface area (TPSA) is 75.3 Å². The van der Waals surface area contributed by atoms with Crippen molar-refractivity contribution in [1.29, 1.82) is 0 Å². The first kappa shape index (κ1) is 14.1. The Kier molecular flexibility index (Phi) is 3.53. The number of fused-ring (bicyclic) bond motifs is 1. The fourth-order valence-electron chi connectivity index (χ4n) is 2.68. The third kappa shape index (κ3) is 2.29. The summed E-state index contributed by atoms with van der Waals surface area (Å²) >= 11 is 0. The minimum absolute atomic E-state index is 0.0364. The SMILES string of the molecule is CC1=c2c(O)c(C(=O)NN)ccc2=C/C1=C\c1ccccc1. The van der Waals surface area contributed by atoms with E-state index >= 15 is 0 Å². The molecule has 4 nitrogen and oxygen atoms in total. The van der Waals surface area contributed by atoms with Crippen molar-refractivity contribution in [1.82, 2.24) is 5.43 Å². The highest BCUT2D eigenvalue weighted by molar-refractivity contribution is 5.98. The summed E-state index contributed by atoms with van der Waals surface area (Å²) < 4.78 is 0. The van der Waals surface area contributed by atoms with Gasteiger partial charge in [0.25, 0.3) is 5.91 Å². The molecule has 22 heavy (non-hydrogen) atoms. The second-order valence-corrected chi connectivity index (χ2v) is 5.18. The molecule has 0 atom stereocenters. The molecule has 1 amide bonds. The zero-order valence-electron chi connectivity index (χ0n) is 12.1. The molecule has 0 saturated carbocycles. The first-order valence-corrected chi connectivity index (χ1v) is 6.94. The van der Waals surface area contributed by atoms with Crippen LogP contribution < -0.4 is 21.7 Å². The van der Waals surface area contributed by atoms with Gasteiger partial charge in [-0.05, 0) is 47.1 Å². The van der Waals surface area contributed by atoms with Crippen molar-refractivity contribution < 1.29 is 9.90 Å². The fourth-order valence-corrected chi connectivity index (χ4v) is 2.68. The number of hydrogen-bond acceptors (Lipinski definition) is 3. The van der Waals surface area contributed by atoms with Crippen molar-refractivity contribution in [2.45, 2.75) is 6.92 Å². The van der Waals surface area contributed by atoms with Gasteiger partial charge in [0.05, 0.1) is 5.56 Å². The molecule has 0 saturated heterocycles. The first-order valence-electron chi connectivity index (χ1n) is 6.94. The average Bonchev–Trinajstić information content (AvgIpc) is 2.85. The van der Waals surface area contributed by atoms with E-state index in [1.807, 2.05) is 54.8 Å². The van der Waals surface area contributed by atoms with Gasteiger partial charge < -0.3 is 5.11 Å². The Morgan fingerprint density at radius 2 is 1.91 bits per heavy atom. The zero-order chi connectivity index (χ0) is 15.7. The molecule has 3 rings (SSSR count). The number of amides is 1. The quantitative estimate of drug-likeness (QED) is 0.440. The smallest absolute Gasteiger partial charge is 0.268 e. The maximum Gasteiger partial charge on any atom is 0.268 e. The van der Waals surface area contributed by atoms with Gasteiger partial charge in [0.2, 0.25) is 0 Å². The van der Waals surface area contributed by atoms with Gasteiger partial charge >= 0.3 is 0 Å². The van der Waals surface area contributed by atoms with E-state index in [0.29, 0.717) is 5.22 Å². The Bertz CT molecular complexity index is 897. The molecule has 0 unspecified atom stereocenters. The summed E-state index contributed by atoms with van der Waals surface area (Å²) in [5, 5.41) is 12.0. The van der Waals surface area contributed by atoms with E-state index in [9.17, 15) is 9.90 Å². The fraction of sp³-hybridized carbons (Fsp3) is 0.0556. The van der Waals surface area contributed by atoms with Gasteiger partial charge in [0, 0.05) is 5.22 Å². The Hall–Kier alpha value is -2.85. The number of allylic oxidation sites excluding steroid dienone is 1. The van der Waals surface area contributed by atoms with Gasteiger partial charge in [-0.3, -0.25) is 10.2 Å². The van der Waals surface area contributed by atoms with E-state index in [0.717, 1.165) is 21.9 Å². The van der Waals surface area contributed by atoms with Crippen LogP contribution in [0.1, 0.15) is 22.8 Å². The number of phenolic OH excluding ortho intramolecular Hbond substituents is 1. The Morgan fingerprint density at radius 1 is 1.18 bits per heavy atom. The molecule has 110 valence electrons. The van der Waals surface area contributed by atoms with Gasteiger partial charge in [0.1, 0.15) is 5.75 Å². The second-order valence-electron chi connectivity index (χ2n) is 5.18. The monoisotopic (exact) mass is 292 g/mol. The van der Waals surface area contributed by atoms with Crippen molar-refractivity contribution in [3.05, 3.63) is 69.6 Å². The lowest BCUT2D eigenvalue weighted by atomic mass is 10.1. The molecule has 0 radical (unpaired) electrons. The van der Waals surface area contributed by atoms with E-state index in [1.54, 1.807) is 6.07 Å². The summed E-state index contributed by atoms with van der Waals surface area (Å²) in [5.74, 6) is 4.60. The van der Waals surface area contributed by atoms with Crippen LogP contribution >= 0.6 is 0 Å². The number of carbonyl (C=O) groups excluding carboxylic acids is 1. The predicted octanol–water partition coefficient (Wildman–Crippen LogP) is 1.04. The van der Waals surface area contributed by atoms with Crippen molar-refractivity contribution >= 4 is 23.6 Å². The lowest BCUT2D eigenvalue weighted by molar-refractivity contribution is 0.0951. The number of carbonyl (C=O) groups is 1. The standard InChI is InChI=1S/C18H16N2O2/c1-11-14(9-12-5-3-2-4-6-12)10-13-7-8-15(18(22)20-19)17(21)16(11)13/h2-10,21H,19H2,1H3,(H,20,22)/b14-9+. The van der Waals surface area contributed by atoms with Gasteiger partial charge in [-0.25, -0.2) is 5.84 Å². The summed E-state index contributed by atoms with van der Waals surface area (Å²) in [7, 11) is 0. The molecule has 4 heteroatoms. The summed E-state index contributed by atoms with van der Waals surface area (Å²) in [4.78, 5) is 11.7.